The summed E-state index contributed by atoms with van der Waals surface area (Å²) in [7, 11) is 0. The molecule has 0 saturated heterocycles. The van der Waals surface area contributed by atoms with E-state index < -0.39 is 6.10 Å². The van der Waals surface area contributed by atoms with E-state index in [1.807, 2.05) is 24.3 Å². The topological polar surface area (TPSA) is 20.2 Å². The van der Waals surface area contributed by atoms with Crippen molar-refractivity contribution < 1.29 is 5.11 Å². The number of hydrogen-bond donors (Lipinski definition) is 1. The summed E-state index contributed by atoms with van der Waals surface area (Å²) in [4.78, 5) is 0. The maximum Gasteiger partial charge on any atom is 0.0804 e. The highest BCUT2D eigenvalue weighted by atomic mass is 35.5. The van der Waals surface area contributed by atoms with Gasteiger partial charge in [-0.1, -0.05) is 81.7 Å². The highest BCUT2D eigenvalue weighted by Crippen LogP contribution is 2.26. The molecule has 1 atom stereocenters. The second-order valence-corrected chi connectivity index (χ2v) is 5.35. The molecule has 1 unspecified atom stereocenters. The highest BCUT2D eigenvalue weighted by Gasteiger charge is 2.09. The van der Waals surface area contributed by atoms with Crippen LogP contribution in [-0.2, 0) is 0 Å². The van der Waals surface area contributed by atoms with Crippen LogP contribution >= 0.6 is 11.6 Å². The molecule has 2 heteroatoms. The molecule has 1 N–H and O–H groups in total. The summed E-state index contributed by atoms with van der Waals surface area (Å²) in [5, 5.41) is 10.7. The second kappa shape index (κ2) is 9.41. The third-order valence-electron chi connectivity index (χ3n) is 3.35. The van der Waals surface area contributed by atoms with Gasteiger partial charge in [0.25, 0.3) is 0 Å². The zero-order valence-corrected chi connectivity index (χ0v) is 12.1. The summed E-state index contributed by atoms with van der Waals surface area (Å²) >= 11 is 6.06. The minimum absolute atomic E-state index is 0.408. The monoisotopic (exact) mass is 268 g/mol. The fraction of sp³-hybridized carbons (Fsp3) is 0.625. The summed E-state index contributed by atoms with van der Waals surface area (Å²) < 4.78 is 0. The molecule has 0 spiro atoms. The van der Waals surface area contributed by atoms with E-state index in [1.54, 1.807) is 0 Å². The van der Waals surface area contributed by atoms with Gasteiger partial charge in [-0.25, -0.2) is 0 Å². The molecule has 0 amide bonds. The fourth-order valence-corrected chi connectivity index (χ4v) is 2.46. The number of aliphatic hydroxyl groups excluding tert-OH is 1. The Balaban J connectivity index is 2.14. The normalized spacial score (nSPS) is 12.6. The molecular formula is C16H25ClO. The zero-order chi connectivity index (χ0) is 13.2. The molecule has 0 aliphatic heterocycles. The van der Waals surface area contributed by atoms with E-state index in [2.05, 4.69) is 6.92 Å². The number of aliphatic hydroxyl groups is 1. The van der Waals surface area contributed by atoms with Crippen molar-refractivity contribution in [1.82, 2.24) is 0 Å². The van der Waals surface area contributed by atoms with Crippen molar-refractivity contribution in [3.63, 3.8) is 0 Å². The van der Waals surface area contributed by atoms with Gasteiger partial charge in [0, 0.05) is 5.02 Å². The molecule has 1 rings (SSSR count). The quantitative estimate of drug-likeness (QED) is 0.585. The maximum absolute atomic E-state index is 10.1. The van der Waals surface area contributed by atoms with Crippen LogP contribution in [0.15, 0.2) is 24.3 Å². The van der Waals surface area contributed by atoms with E-state index in [4.69, 9.17) is 11.6 Å². The third kappa shape index (κ3) is 5.88. The standard InChI is InChI=1S/C16H25ClO/c1-2-3-4-5-6-7-8-13-16(18)14-11-9-10-12-15(14)17/h9-12,16,18H,2-8,13H2,1H3. The minimum Gasteiger partial charge on any atom is -0.388 e. The Morgan fingerprint density at radius 2 is 1.61 bits per heavy atom. The lowest BCUT2D eigenvalue weighted by Gasteiger charge is -2.12. The van der Waals surface area contributed by atoms with E-state index >= 15 is 0 Å². The Morgan fingerprint density at radius 1 is 1.00 bits per heavy atom. The van der Waals surface area contributed by atoms with Crippen LogP contribution in [0.3, 0.4) is 0 Å². The number of halogens is 1. The van der Waals surface area contributed by atoms with Crippen molar-refractivity contribution in [1.29, 1.82) is 0 Å². The number of hydrogen-bond acceptors (Lipinski definition) is 1. The van der Waals surface area contributed by atoms with Crippen LogP contribution < -0.4 is 0 Å². The summed E-state index contributed by atoms with van der Waals surface area (Å²) in [6.45, 7) is 2.24. The van der Waals surface area contributed by atoms with Crippen molar-refractivity contribution in [3.8, 4) is 0 Å². The molecule has 1 nitrogen and oxygen atoms in total. The molecule has 1 aromatic carbocycles. The van der Waals surface area contributed by atoms with E-state index in [1.165, 1.54) is 38.5 Å². The van der Waals surface area contributed by atoms with Crippen LogP contribution in [0, 0.1) is 0 Å². The average Bonchev–Trinajstić information content (AvgIpc) is 2.38. The molecule has 0 radical (unpaired) electrons. The SMILES string of the molecule is CCCCCCCCCC(O)c1ccccc1Cl. The molecule has 1 aromatic rings. The van der Waals surface area contributed by atoms with Crippen LogP contribution in [0.2, 0.25) is 5.02 Å². The summed E-state index contributed by atoms with van der Waals surface area (Å²) in [5.74, 6) is 0. The number of benzene rings is 1. The Kier molecular flexibility index (Phi) is 8.11. The summed E-state index contributed by atoms with van der Waals surface area (Å²) in [6, 6.07) is 7.57. The first-order chi connectivity index (χ1) is 8.75. The van der Waals surface area contributed by atoms with Crippen molar-refractivity contribution in [2.45, 2.75) is 64.4 Å². The molecule has 0 heterocycles. The molecule has 18 heavy (non-hydrogen) atoms. The van der Waals surface area contributed by atoms with Crippen LogP contribution in [0.5, 0.6) is 0 Å². The lowest BCUT2D eigenvalue weighted by Crippen LogP contribution is -1.98. The smallest absolute Gasteiger partial charge is 0.0804 e. The zero-order valence-electron chi connectivity index (χ0n) is 11.4. The van der Waals surface area contributed by atoms with E-state index in [-0.39, 0.29) is 0 Å². The van der Waals surface area contributed by atoms with Gasteiger partial charge in [0.15, 0.2) is 0 Å². The van der Waals surface area contributed by atoms with Crippen molar-refractivity contribution in [3.05, 3.63) is 34.9 Å². The molecule has 0 saturated carbocycles. The largest absolute Gasteiger partial charge is 0.388 e. The molecule has 0 aromatic heterocycles. The van der Waals surface area contributed by atoms with Gasteiger partial charge in [-0.05, 0) is 18.1 Å². The first-order valence-electron chi connectivity index (χ1n) is 7.18. The Hall–Kier alpha value is -0.530. The van der Waals surface area contributed by atoms with Gasteiger partial charge in [-0.2, -0.15) is 0 Å². The van der Waals surface area contributed by atoms with Gasteiger partial charge in [0.2, 0.25) is 0 Å². The van der Waals surface area contributed by atoms with Gasteiger partial charge < -0.3 is 5.11 Å². The fourth-order valence-electron chi connectivity index (χ4n) is 2.20. The van der Waals surface area contributed by atoms with Gasteiger partial charge >= 0.3 is 0 Å². The predicted octanol–water partition coefficient (Wildman–Crippen LogP) is 5.51. The molecule has 102 valence electrons. The lowest BCUT2D eigenvalue weighted by molar-refractivity contribution is 0.163. The van der Waals surface area contributed by atoms with Crippen molar-refractivity contribution in [2.75, 3.05) is 0 Å². The average molecular weight is 269 g/mol. The van der Waals surface area contributed by atoms with Crippen molar-refractivity contribution in [2.24, 2.45) is 0 Å². The van der Waals surface area contributed by atoms with Gasteiger partial charge in [-0.3, -0.25) is 0 Å². The third-order valence-corrected chi connectivity index (χ3v) is 3.69. The van der Waals surface area contributed by atoms with Crippen LogP contribution in [0.25, 0.3) is 0 Å². The lowest BCUT2D eigenvalue weighted by atomic mass is 10.0. The first-order valence-corrected chi connectivity index (χ1v) is 7.56. The second-order valence-electron chi connectivity index (χ2n) is 4.95. The number of unbranched alkanes of at least 4 members (excludes halogenated alkanes) is 6. The van der Waals surface area contributed by atoms with Crippen LogP contribution in [-0.4, -0.2) is 5.11 Å². The molecule has 0 aliphatic rings. The van der Waals surface area contributed by atoms with Gasteiger partial charge in [0.1, 0.15) is 0 Å². The van der Waals surface area contributed by atoms with Crippen LogP contribution in [0.1, 0.15) is 70.0 Å². The summed E-state index contributed by atoms with van der Waals surface area (Å²) in [5.41, 5.74) is 0.866. The Morgan fingerprint density at radius 3 is 2.28 bits per heavy atom. The Labute approximate surface area is 116 Å². The molecule has 0 bridgehead atoms. The van der Waals surface area contributed by atoms with Crippen LogP contribution in [0.4, 0.5) is 0 Å². The molecule has 0 fully saturated rings. The maximum atomic E-state index is 10.1. The predicted molar refractivity (Wildman–Crippen MR) is 79.0 cm³/mol. The first kappa shape index (κ1) is 15.5. The molecular weight excluding hydrogens is 244 g/mol. The van der Waals surface area contributed by atoms with E-state index in [0.29, 0.717) is 5.02 Å². The van der Waals surface area contributed by atoms with E-state index in [9.17, 15) is 5.11 Å². The molecule has 0 aliphatic carbocycles. The minimum atomic E-state index is -0.408. The van der Waals surface area contributed by atoms with Crippen molar-refractivity contribution >= 4 is 11.6 Å². The van der Waals surface area contributed by atoms with E-state index in [0.717, 1.165) is 18.4 Å². The Bertz CT molecular complexity index is 325. The van der Waals surface area contributed by atoms with Gasteiger partial charge in [0.05, 0.1) is 6.10 Å². The highest BCUT2D eigenvalue weighted by molar-refractivity contribution is 6.31. The van der Waals surface area contributed by atoms with Gasteiger partial charge in [-0.15, -0.1) is 0 Å². The summed E-state index contributed by atoms with van der Waals surface area (Å²) in [6.07, 6.45) is 9.32. The number of rotatable bonds is 9.